The van der Waals surface area contributed by atoms with Gasteiger partial charge in [-0.2, -0.15) is 0 Å². The second-order valence-corrected chi connectivity index (χ2v) is 7.25. The number of benzene rings is 2. The number of amides is 1. The number of nitro groups is 1. The second kappa shape index (κ2) is 8.88. The Morgan fingerprint density at radius 1 is 1.33 bits per heavy atom. The van der Waals surface area contributed by atoms with Crippen LogP contribution in [-0.4, -0.2) is 36.8 Å². The van der Waals surface area contributed by atoms with Gasteiger partial charge in [0.05, 0.1) is 17.6 Å². The Labute approximate surface area is 161 Å². The molecule has 2 N–H and O–H groups in total. The van der Waals surface area contributed by atoms with Crippen molar-refractivity contribution < 1.29 is 14.5 Å². The molecule has 1 heterocycles. The molecule has 2 aromatic rings. The quantitative estimate of drug-likeness (QED) is 0.428. The molecule has 2 aromatic carbocycles. The molecule has 0 spiro atoms. The number of nitro benzene ring substituents is 1. The van der Waals surface area contributed by atoms with E-state index in [0.717, 1.165) is 22.6 Å². The first-order chi connectivity index (χ1) is 13.1. The molecule has 1 aliphatic rings. The van der Waals surface area contributed by atoms with E-state index in [1.165, 1.54) is 6.07 Å². The molecule has 0 saturated carbocycles. The maximum atomic E-state index is 12.7. The molecule has 142 valence electrons. The molecule has 3 rings (SSSR count). The van der Waals surface area contributed by atoms with Gasteiger partial charge in [-0.25, -0.2) is 0 Å². The number of thioether (sulfide) groups is 1. The zero-order chi connectivity index (χ0) is 19.2. The van der Waals surface area contributed by atoms with Gasteiger partial charge in [0, 0.05) is 35.9 Å². The Bertz CT molecular complexity index is 843. The number of nitrogens with zero attached hydrogens (tertiary/aromatic N) is 1. The van der Waals surface area contributed by atoms with E-state index in [1.807, 2.05) is 24.3 Å². The van der Waals surface area contributed by atoms with Crippen LogP contribution in [0.5, 0.6) is 0 Å². The molecular formula is C19H21N3O4S. The molecule has 0 saturated heterocycles. The third kappa shape index (κ3) is 4.58. The van der Waals surface area contributed by atoms with Gasteiger partial charge in [-0.05, 0) is 30.2 Å². The summed E-state index contributed by atoms with van der Waals surface area (Å²) in [5.74, 6) is 0.609. The van der Waals surface area contributed by atoms with Crippen LogP contribution in [0.25, 0.3) is 0 Å². The molecule has 0 bridgehead atoms. The number of hydrogen-bond acceptors (Lipinski definition) is 6. The average molecular weight is 387 g/mol. The molecule has 0 radical (unpaired) electrons. The lowest BCUT2D eigenvalue weighted by Crippen LogP contribution is -2.30. The van der Waals surface area contributed by atoms with E-state index in [1.54, 1.807) is 31.0 Å². The number of nitrogens with one attached hydrogen (secondary N) is 2. The molecule has 0 aromatic heterocycles. The molecule has 1 atom stereocenters. The van der Waals surface area contributed by atoms with E-state index in [2.05, 4.69) is 10.6 Å². The van der Waals surface area contributed by atoms with Crippen LogP contribution in [0.1, 0.15) is 28.4 Å². The van der Waals surface area contributed by atoms with Gasteiger partial charge in [-0.3, -0.25) is 14.9 Å². The number of fused-ring (bicyclic) bond motifs is 1. The zero-order valence-corrected chi connectivity index (χ0v) is 15.8. The Hall–Kier alpha value is -2.58. The fourth-order valence-corrected chi connectivity index (χ4v) is 4.12. The van der Waals surface area contributed by atoms with Crippen molar-refractivity contribution >= 4 is 29.0 Å². The molecule has 7 nitrogen and oxygen atoms in total. The standard InChI is InChI=1S/C19H21N3O4S/c1-26-10-9-20-16-7-6-13(12-17(16)22(24)25)19(23)21-15-8-11-27-18-5-3-2-4-14(15)18/h2-7,12,15,20H,8-11H2,1H3,(H,21,23)/t15-/m1/s1. The van der Waals surface area contributed by atoms with Crippen molar-refractivity contribution in [2.75, 3.05) is 31.3 Å². The number of carbonyl (C=O) groups excluding carboxylic acids is 1. The third-order valence-corrected chi connectivity index (χ3v) is 5.46. The van der Waals surface area contributed by atoms with Crippen LogP contribution in [0, 0.1) is 10.1 Å². The number of carbonyl (C=O) groups is 1. The second-order valence-electron chi connectivity index (χ2n) is 6.11. The van der Waals surface area contributed by atoms with Crippen molar-refractivity contribution in [3.63, 3.8) is 0 Å². The molecule has 1 aliphatic heterocycles. The number of ether oxygens (including phenoxy) is 1. The summed E-state index contributed by atoms with van der Waals surface area (Å²) < 4.78 is 4.94. The summed E-state index contributed by atoms with van der Waals surface area (Å²) in [6.45, 7) is 0.873. The molecule has 0 unspecified atom stereocenters. The van der Waals surface area contributed by atoms with E-state index in [9.17, 15) is 14.9 Å². The first kappa shape index (κ1) is 19.2. The predicted molar refractivity (Wildman–Crippen MR) is 105 cm³/mol. The van der Waals surface area contributed by atoms with Gasteiger partial charge < -0.3 is 15.4 Å². The van der Waals surface area contributed by atoms with Crippen molar-refractivity contribution in [1.29, 1.82) is 0 Å². The lowest BCUT2D eigenvalue weighted by molar-refractivity contribution is -0.384. The highest BCUT2D eigenvalue weighted by atomic mass is 32.2. The van der Waals surface area contributed by atoms with Gasteiger partial charge >= 0.3 is 0 Å². The van der Waals surface area contributed by atoms with Crippen LogP contribution in [0.4, 0.5) is 11.4 Å². The van der Waals surface area contributed by atoms with Crippen molar-refractivity contribution in [3.8, 4) is 0 Å². The predicted octanol–water partition coefficient (Wildman–Crippen LogP) is 3.62. The summed E-state index contributed by atoms with van der Waals surface area (Å²) in [5.41, 5.74) is 1.61. The SMILES string of the molecule is COCCNc1ccc(C(=O)N[C@@H]2CCSc3ccccc32)cc1[N+](=O)[O-]. The van der Waals surface area contributed by atoms with E-state index in [0.29, 0.717) is 18.8 Å². The first-order valence-corrected chi connectivity index (χ1v) is 9.62. The highest BCUT2D eigenvalue weighted by Gasteiger charge is 2.24. The molecule has 0 aliphatic carbocycles. The van der Waals surface area contributed by atoms with Gasteiger partial charge in [0.1, 0.15) is 5.69 Å². The summed E-state index contributed by atoms with van der Waals surface area (Å²) in [6, 6.07) is 12.4. The fraction of sp³-hybridized carbons (Fsp3) is 0.316. The van der Waals surface area contributed by atoms with E-state index in [4.69, 9.17) is 4.74 Å². The monoisotopic (exact) mass is 387 g/mol. The first-order valence-electron chi connectivity index (χ1n) is 8.64. The zero-order valence-electron chi connectivity index (χ0n) is 14.9. The van der Waals surface area contributed by atoms with Gasteiger partial charge in [0.2, 0.25) is 0 Å². The lowest BCUT2D eigenvalue weighted by atomic mass is 10.0. The number of anilines is 1. The highest BCUT2D eigenvalue weighted by molar-refractivity contribution is 7.99. The van der Waals surface area contributed by atoms with Crippen molar-refractivity contribution in [2.45, 2.75) is 17.4 Å². The van der Waals surface area contributed by atoms with E-state index < -0.39 is 4.92 Å². The summed E-state index contributed by atoms with van der Waals surface area (Å²) >= 11 is 1.77. The number of hydrogen-bond donors (Lipinski definition) is 2. The van der Waals surface area contributed by atoms with Gasteiger partial charge in [0.15, 0.2) is 0 Å². The Morgan fingerprint density at radius 3 is 2.93 bits per heavy atom. The van der Waals surface area contributed by atoms with Crippen LogP contribution in [0.2, 0.25) is 0 Å². The normalized spacial score (nSPS) is 15.7. The topological polar surface area (TPSA) is 93.5 Å². The van der Waals surface area contributed by atoms with Crippen LogP contribution in [0.15, 0.2) is 47.4 Å². The van der Waals surface area contributed by atoms with Gasteiger partial charge in [0.25, 0.3) is 11.6 Å². The average Bonchev–Trinajstić information content (AvgIpc) is 2.68. The number of rotatable bonds is 7. The summed E-state index contributed by atoms with van der Waals surface area (Å²) in [6.07, 6.45) is 0.826. The highest BCUT2D eigenvalue weighted by Crippen LogP contribution is 2.36. The maximum Gasteiger partial charge on any atom is 0.293 e. The number of methoxy groups -OCH3 is 1. The van der Waals surface area contributed by atoms with E-state index in [-0.39, 0.29) is 23.2 Å². The van der Waals surface area contributed by atoms with Crippen LogP contribution in [0.3, 0.4) is 0 Å². The minimum absolute atomic E-state index is 0.0893. The van der Waals surface area contributed by atoms with E-state index >= 15 is 0 Å². The Balaban J connectivity index is 1.77. The lowest BCUT2D eigenvalue weighted by Gasteiger charge is -2.25. The van der Waals surface area contributed by atoms with Gasteiger partial charge in [-0.1, -0.05) is 18.2 Å². The summed E-state index contributed by atoms with van der Waals surface area (Å²) in [4.78, 5) is 24.7. The molecule has 8 heteroatoms. The molecule has 27 heavy (non-hydrogen) atoms. The van der Waals surface area contributed by atoms with Crippen LogP contribution < -0.4 is 10.6 Å². The maximum absolute atomic E-state index is 12.7. The third-order valence-electron chi connectivity index (χ3n) is 4.34. The van der Waals surface area contributed by atoms with Crippen molar-refractivity contribution in [1.82, 2.24) is 5.32 Å². The van der Waals surface area contributed by atoms with Crippen LogP contribution >= 0.6 is 11.8 Å². The summed E-state index contributed by atoms with van der Waals surface area (Å²) in [7, 11) is 1.56. The van der Waals surface area contributed by atoms with Crippen LogP contribution in [-0.2, 0) is 4.74 Å². The largest absolute Gasteiger partial charge is 0.383 e. The van der Waals surface area contributed by atoms with Crippen molar-refractivity contribution in [3.05, 3.63) is 63.7 Å². The Morgan fingerprint density at radius 2 is 2.15 bits per heavy atom. The van der Waals surface area contributed by atoms with Gasteiger partial charge in [-0.15, -0.1) is 11.8 Å². The smallest absolute Gasteiger partial charge is 0.293 e. The minimum atomic E-state index is -0.488. The summed E-state index contributed by atoms with van der Waals surface area (Å²) in [5, 5.41) is 17.4. The minimum Gasteiger partial charge on any atom is -0.383 e. The molecule has 0 fully saturated rings. The fourth-order valence-electron chi connectivity index (χ4n) is 2.99. The van der Waals surface area contributed by atoms with Crippen molar-refractivity contribution in [2.24, 2.45) is 0 Å². The Kier molecular flexibility index (Phi) is 6.31. The molecule has 1 amide bonds. The molecular weight excluding hydrogens is 366 g/mol.